The molecule has 0 aromatic heterocycles. The van der Waals surface area contributed by atoms with E-state index in [9.17, 15) is 9.90 Å². The van der Waals surface area contributed by atoms with Crippen LogP contribution in [0.25, 0.3) is 0 Å². The summed E-state index contributed by atoms with van der Waals surface area (Å²) >= 11 is 0. The Morgan fingerprint density at radius 2 is 2.12 bits per heavy atom. The number of ether oxygens (including phenoxy) is 1. The number of hydrogen-bond donors (Lipinski definition) is 1. The van der Waals surface area contributed by atoms with Crippen molar-refractivity contribution in [1.82, 2.24) is 0 Å². The molecule has 3 nitrogen and oxygen atoms in total. The zero-order valence-electron chi connectivity index (χ0n) is 9.30. The first-order valence-corrected chi connectivity index (χ1v) is 5.23. The molecule has 0 saturated heterocycles. The van der Waals surface area contributed by atoms with Crippen LogP contribution in [0, 0.1) is 5.92 Å². The molecule has 16 heavy (non-hydrogen) atoms. The van der Waals surface area contributed by atoms with Gasteiger partial charge in [0.2, 0.25) is 0 Å². The highest BCUT2D eigenvalue weighted by Gasteiger charge is 2.26. The number of hydrogen-bond acceptors (Lipinski definition) is 3. The number of benzene rings is 1. The third-order valence-electron chi connectivity index (χ3n) is 2.29. The van der Waals surface area contributed by atoms with Crippen molar-refractivity contribution in [3.05, 3.63) is 48.6 Å². The topological polar surface area (TPSA) is 46.5 Å². The number of carbonyl (C=O) groups is 1. The summed E-state index contributed by atoms with van der Waals surface area (Å²) in [4.78, 5) is 11.5. The second-order valence-electron chi connectivity index (χ2n) is 3.37. The Hall–Kier alpha value is -1.61. The van der Waals surface area contributed by atoms with Gasteiger partial charge >= 0.3 is 5.97 Å². The van der Waals surface area contributed by atoms with Crippen molar-refractivity contribution in [3.63, 3.8) is 0 Å². The van der Waals surface area contributed by atoms with Crippen LogP contribution < -0.4 is 0 Å². The molecule has 1 N–H and O–H groups in total. The molecule has 1 aromatic carbocycles. The van der Waals surface area contributed by atoms with Crippen LogP contribution in [-0.4, -0.2) is 17.7 Å². The number of carbonyl (C=O) groups excluding carboxylic acids is 1. The van der Waals surface area contributed by atoms with E-state index in [1.807, 2.05) is 18.2 Å². The largest absolute Gasteiger partial charge is 0.465 e. The first kappa shape index (κ1) is 12.5. The van der Waals surface area contributed by atoms with E-state index in [4.69, 9.17) is 4.74 Å². The number of rotatable bonds is 5. The third kappa shape index (κ3) is 2.94. The molecule has 0 spiro atoms. The summed E-state index contributed by atoms with van der Waals surface area (Å²) in [5, 5.41) is 10.0. The van der Waals surface area contributed by atoms with Crippen LogP contribution in [0.3, 0.4) is 0 Å². The van der Waals surface area contributed by atoms with Crippen LogP contribution in [-0.2, 0) is 9.53 Å². The molecule has 1 rings (SSSR count). The summed E-state index contributed by atoms with van der Waals surface area (Å²) in [5.74, 6) is -1.17. The summed E-state index contributed by atoms with van der Waals surface area (Å²) in [6, 6.07) is 9.00. The van der Waals surface area contributed by atoms with E-state index in [2.05, 4.69) is 6.58 Å². The zero-order valence-corrected chi connectivity index (χ0v) is 9.30. The highest BCUT2D eigenvalue weighted by molar-refractivity contribution is 5.75. The van der Waals surface area contributed by atoms with E-state index in [1.54, 1.807) is 19.1 Å². The van der Waals surface area contributed by atoms with E-state index in [1.165, 1.54) is 6.08 Å². The third-order valence-corrected chi connectivity index (χ3v) is 2.29. The van der Waals surface area contributed by atoms with E-state index in [0.717, 1.165) is 0 Å². The Morgan fingerprint density at radius 3 is 2.62 bits per heavy atom. The first-order valence-electron chi connectivity index (χ1n) is 5.23. The van der Waals surface area contributed by atoms with Gasteiger partial charge in [-0.2, -0.15) is 0 Å². The van der Waals surface area contributed by atoms with Gasteiger partial charge in [-0.25, -0.2) is 0 Å². The van der Waals surface area contributed by atoms with E-state index in [-0.39, 0.29) is 0 Å². The van der Waals surface area contributed by atoms with Crippen molar-refractivity contribution in [2.45, 2.75) is 13.0 Å². The molecule has 0 heterocycles. The van der Waals surface area contributed by atoms with Crippen molar-refractivity contribution >= 4 is 5.97 Å². The Balaban J connectivity index is 2.81. The lowest BCUT2D eigenvalue weighted by Gasteiger charge is -2.18. The second kappa shape index (κ2) is 6.08. The number of aliphatic hydroxyl groups excluding tert-OH is 1. The van der Waals surface area contributed by atoms with Gasteiger partial charge in [0.25, 0.3) is 0 Å². The summed E-state index contributed by atoms with van der Waals surface area (Å²) in [5.41, 5.74) is 0.681. The Labute approximate surface area is 95.4 Å². The first-order chi connectivity index (χ1) is 7.70. The van der Waals surface area contributed by atoms with Gasteiger partial charge in [0, 0.05) is 0 Å². The van der Waals surface area contributed by atoms with Crippen molar-refractivity contribution in [2.24, 2.45) is 5.92 Å². The summed E-state index contributed by atoms with van der Waals surface area (Å²) in [7, 11) is 0. The molecular formula is C13H16O3. The smallest absolute Gasteiger partial charge is 0.315 e. The Kier molecular flexibility index (Phi) is 4.73. The van der Waals surface area contributed by atoms with Gasteiger partial charge < -0.3 is 9.84 Å². The van der Waals surface area contributed by atoms with Crippen LogP contribution >= 0.6 is 0 Å². The normalized spacial score (nSPS) is 13.9. The predicted molar refractivity (Wildman–Crippen MR) is 61.7 cm³/mol. The van der Waals surface area contributed by atoms with Crippen LogP contribution in [0.4, 0.5) is 0 Å². The number of esters is 1. The van der Waals surface area contributed by atoms with Crippen molar-refractivity contribution < 1.29 is 14.6 Å². The average molecular weight is 220 g/mol. The molecule has 0 aliphatic heterocycles. The fraction of sp³-hybridized carbons (Fsp3) is 0.308. The van der Waals surface area contributed by atoms with Gasteiger partial charge in [0.05, 0.1) is 12.7 Å². The maximum absolute atomic E-state index is 11.5. The highest BCUT2D eigenvalue weighted by Crippen LogP contribution is 2.23. The molecule has 86 valence electrons. The highest BCUT2D eigenvalue weighted by atomic mass is 16.5. The minimum absolute atomic E-state index is 0.296. The monoisotopic (exact) mass is 220 g/mol. The van der Waals surface area contributed by atoms with Crippen molar-refractivity contribution in [3.8, 4) is 0 Å². The average Bonchev–Trinajstić information content (AvgIpc) is 2.31. The fourth-order valence-corrected chi connectivity index (χ4v) is 1.45. The summed E-state index contributed by atoms with van der Waals surface area (Å²) in [6.07, 6.45) is 0.508. The van der Waals surface area contributed by atoms with Gasteiger partial charge in [-0.15, -0.1) is 6.58 Å². The van der Waals surface area contributed by atoms with E-state index in [0.29, 0.717) is 12.2 Å². The molecular weight excluding hydrogens is 204 g/mol. The van der Waals surface area contributed by atoms with Crippen LogP contribution in [0.2, 0.25) is 0 Å². The summed E-state index contributed by atoms with van der Waals surface area (Å²) < 4.78 is 4.87. The van der Waals surface area contributed by atoms with Crippen LogP contribution in [0.5, 0.6) is 0 Å². The molecule has 0 aliphatic carbocycles. The van der Waals surface area contributed by atoms with Crippen molar-refractivity contribution in [1.29, 1.82) is 0 Å². The molecule has 2 atom stereocenters. The van der Waals surface area contributed by atoms with E-state index < -0.39 is 18.0 Å². The van der Waals surface area contributed by atoms with E-state index >= 15 is 0 Å². The molecule has 0 saturated carbocycles. The molecule has 0 amide bonds. The Bertz CT molecular complexity index is 345. The van der Waals surface area contributed by atoms with Crippen molar-refractivity contribution in [2.75, 3.05) is 6.61 Å². The lowest BCUT2D eigenvalue weighted by Crippen LogP contribution is -2.22. The fourth-order valence-electron chi connectivity index (χ4n) is 1.45. The lowest BCUT2D eigenvalue weighted by molar-refractivity contribution is -0.149. The molecule has 0 fully saturated rings. The zero-order chi connectivity index (χ0) is 12.0. The molecule has 0 bridgehead atoms. The van der Waals surface area contributed by atoms with Crippen LogP contribution in [0.1, 0.15) is 18.6 Å². The molecule has 0 aliphatic rings. The van der Waals surface area contributed by atoms with Gasteiger partial charge in [0.1, 0.15) is 5.92 Å². The molecule has 0 unspecified atom stereocenters. The van der Waals surface area contributed by atoms with Gasteiger partial charge in [0.15, 0.2) is 0 Å². The lowest BCUT2D eigenvalue weighted by atomic mass is 9.96. The molecule has 0 radical (unpaired) electrons. The van der Waals surface area contributed by atoms with Gasteiger partial charge in [-0.3, -0.25) is 4.79 Å². The van der Waals surface area contributed by atoms with Crippen LogP contribution in [0.15, 0.2) is 43.0 Å². The maximum atomic E-state index is 11.5. The van der Waals surface area contributed by atoms with Gasteiger partial charge in [-0.05, 0) is 12.5 Å². The predicted octanol–water partition coefficient (Wildman–Crippen LogP) is 2.09. The molecule has 1 aromatic rings. The number of aliphatic hydroxyl groups is 1. The minimum atomic E-state index is -0.905. The second-order valence-corrected chi connectivity index (χ2v) is 3.37. The SMILES string of the molecule is C=C[C@H](C(=O)OCC)[C@H](O)c1ccccc1. The van der Waals surface area contributed by atoms with Gasteiger partial charge in [-0.1, -0.05) is 36.4 Å². The maximum Gasteiger partial charge on any atom is 0.315 e. The minimum Gasteiger partial charge on any atom is -0.465 e. The Morgan fingerprint density at radius 1 is 1.50 bits per heavy atom. The molecule has 3 heteroatoms. The standard InChI is InChI=1S/C13H16O3/c1-3-11(13(15)16-4-2)12(14)10-8-6-5-7-9-10/h3,5-9,11-12,14H,1,4H2,2H3/t11-,12+/m0/s1. The summed E-state index contributed by atoms with van der Waals surface area (Å²) in [6.45, 7) is 5.58. The quantitative estimate of drug-likeness (QED) is 0.610.